The van der Waals surface area contributed by atoms with Crippen molar-refractivity contribution in [2.45, 2.75) is 51.4 Å². The second-order valence-corrected chi connectivity index (χ2v) is 4.92. The Morgan fingerprint density at radius 2 is 2.18 bits per heavy atom. The van der Waals surface area contributed by atoms with Crippen LogP contribution in [0.4, 0.5) is 0 Å². The summed E-state index contributed by atoms with van der Waals surface area (Å²) in [4.78, 5) is 10.5. The third-order valence-electron chi connectivity index (χ3n) is 3.23. The van der Waals surface area contributed by atoms with Crippen LogP contribution in [-0.2, 0) is 11.2 Å². The van der Waals surface area contributed by atoms with E-state index in [2.05, 4.69) is 10.2 Å². The summed E-state index contributed by atoms with van der Waals surface area (Å²) in [5, 5.41) is 16.7. The SMILES string of the molecule is CC(CC(=O)O)Cc1nnc(C2CCCC2)o1. The monoisotopic (exact) mass is 238 g/mol. The van der Waals surface area contributed by atoms with Crippen molar-refractivity contribution in [1.82, 2.24) is 10.2 Å². The molecular formula is C12H18N2O3. The lowest BCUT2D eigenvalue weighted by Gasteiger charge is -2.04. The third kappa shape index (κ3) is 3.28. The van der Waals surface area contributed by atoms with E-state index in [-0.39, 0.29) is 12.3 Å². The first-order chi connectivity index (χ1) is 8.15. The zero-order chi connectivity index (χ0) is 12.3. The highest BCUT2D eigenvalue weighted by Gasteiger charge is 2.23. The molecule has 17 heavy (non-hydrogen) atoms. The minimum absolute atomic E-state index is 0.0318. The van der Waals surface area contributed by atoms with E-state index in [4.69, 9.17) is 9.52 Å². The second-order valence-electron chi connectivity index (χ2n) is 4.92. The molecular weight excluding hydrogens is 220 g/mol. The van der Waals surface area contributed by atoms with Crippen LogP contribution in [-0.4, -0.2) is 21.3 Å². The maximum Gasteiger partial charge on any atom is 0.303 e. The summed E-state index contributed by atoms with van der Waals surface area (Å²) in [6.07, 6.45) is 5.42. The maximum absolute atomic E-state index is 10.5. The number of carboxylic acid groups (broad SMARTS) is 1. The van der Waals surface area contributed by atoms with Gasteiger partial charge in [0.05, 0.1) is 0 Å². The molecule has 2 rings (SSSR count). The Morgan fingerprint density at radius 3 is 2.82 bits per heavy atom. The van der Waals surface area contributed by atoms with Crippen LogP contribution in [0, 0.1) is 5.92 Å². The van der Waals surface area contributed by atoms with Crippen LogP contribution in [0.25, 0.3) is 0 Å². The topological polar surface area (TPSA) is 76.2 Å². The fourth-order valence-electron chi connectivity index (χ4n) is 2.36. The molecule has 0 saturated heterocycles. The fourth-order valence-corrected chi connectivity index (χ4v) is 2.36. The molecule has 1 aliphatic rings. The number of aliphatic carboxylic acids is 1. The Labute approximate surface area is 100 Å². The van der Waals surface area contributed by atoms with E-state index >= 15 is 0 Å². The highest BCUT2D eigenvalue weighted by Crippen LogP contribution is 2.33. The van der Waals surface area contributed by atoms with Crippen molar-refractivity contribution in [1.29, 1.82) is 0 Å². The molecule has 1 aliphatic carbocycles. The second kappa shape index (κ2) is 5.29. The van der Waals surface area contributed by atoms with Gasteiger partial charge in [0.2, 0.25) is 11.8 Å². The number of aromatic nitrogens is 2. The van der Waals surface area contributed by atoms with Gasteiger partial charge in [0.15, 0.2) is 0 Å². The third-order valence-corrected chi connectivity index (χ3v) is 3.23. The molecule has 1 saturated carbocycles. The van der Waals surface area contributed by atoms with Crippen molar-refractivity contribution < 1.29 is 14.3 Å². The first-order valence-corrected chi connectivity index (χ1v) is 6.19. The van der Waals surface area contributed by atoms with Gasteiger partial charge in [-0.05, 0) is 18.8 Å². The molecule has 0 bridgehead atoms. The zero-order valence-corrected chi connectivity index (χ0v) is 10.1. The summed E-state index contributed by atoms with van der Waals surface area (Å²) in [7, 11) is 0. The lowest BCUT2D eigenvalue weighted by atomic mass is 10.0. The number of carbonyl (C=O) groups is 1. The Bertz CT molecular complexity index is 383. The number of carboxylic acids is 1. The first kappa shape index (κ1) is 12.1. The van der Waals surface area contributed by atoms with E-state index in [1.54, 1.807) is 0 Å². The average Bonchev–Trinajstić information content (AvgIpc) is 2.84. The summed E-state index contributed by atoms with van der Waals surface area (Å²) in [6, 6.07) is 0. The van der Waals surface area contributed by atoms with Gasteiger partial charge in [-0.1, -0.05) is 19.8 Å². The van der Waals surface area contributed by atoms with Gasteiger partial charge in [0.1, 0.15) is 0 Å². The molecule has 5 nitrogen and oxygen atoms in total. The molecule has 5 heteroatoms. The summed E-state index contributed by atoms with van der Waals surface area (Å²) in [6.45, 7) is 1.88. The molecule has 1 unspecified atom stereocenters. The van der Waals surface area contributed by atoms with Crippen molar-refractivity contribution in [3.05, 3.63) is 11.8 Å². The van der Waals surface area contributed by atoms with Crippen molar-refractivity contribution in [3.63, 3.8) is 0 Å². The smallest absolute Gasteiger partial charge is 0.303 e. The van der Waals surface area contributed by atoms with Crippen LogP contribution in [0.1, 0.15) is 56.7 Å². The molecule has 0 amide bonds. The van der Waals surface area contributed by atoms with Crippen molar-refractivity contribution in [2.75, 3.05) is 0 Å². The molecule has 1 aromatic heterocycles. The van der Waals surface area contributed by atoms with Crippen molar-refractivity contribution >= 4 is 5.97 Å². The van der Waals surface area contributed by atoms with Crippen molar-refractivity contribution in [2.24, 2.45) is 5.92 Å². The number of hydrogen-bond donors (Lipinski definition) is 1. The first-order valence-electron chi connectivity index (χ1n) is 6.19. The standard InChI is InChI=1S/C12H18N2O3/c1-8(7-11(15)16)6-10-13-14-12(17-10)9-4-2-3-5-9/h8-9H,2-7H2,1H3,(H,15,16). The predicted octanol–water partition coefficient (Wildman–Crippen LogP) is 2.38. The number of nitrogens with zero attached hydrogens (tertiary/aromatic N) is 2. The molecule has 1 aromatic rings. The van der Waals surface area contributed by atoms with Gasteiger partial charge in [0.25, 0.3) is 0 Å². The average molecular weight is 238 g/mol. The van der Waals surface area contributed by atoms with Crippen LogP contribution in [0.2, 0.25) is 0 Å². The van der Waals surface area contributed by atoms with Gasteiger partial charge in [0, 0.05) is 18.8 Å². The molecule has 1 heterocycles. The van der Waals surface area contributed by atoms with Gasteiger partial charge in [-0.15, -0.1) is 10.2 Å². The minimum Gasteiger partial charge on any atom is -0.481 e. The van der Waals surface area contributed by atoms with Crippen LogP contribution in [0.15, 0.2) is 4.42 Å². The maximum atomic E-state index is 10.5. The predicted molar refractivity (Wildman–Crippen MR) is 60.6 cm³/mol. The summed E-state index contributed by atoms with van der Waals surface area (Å²) in [5.41, 5.74) is 0. The Morgan fingerprint density at radius 1 is 1.47 bits per heavy atom. The largest absolute Gasteiger partial charge is 0.481 e. The molecule has 1 atom stereocenters. The van der Waals surface area contributed by atoms with Crippen LogP contribution in [0.5, 0.6) is 0 Å². The van der Waals surface area contributed by atoms with E-state index < -0.39 is 5.97 Å². The van der Waals surface area contributed by atoms with E-state index in [0.29, 0.717) is 18.2 Å². The summed E-state index contributed by atoms with van der Waals surface area (Å²) in [5.74, 6) is 0.976. The lowest BCUT2D eigenvalue weighted by molar-refractivity contribution is -0.137. The van der Waals surface area contributed by atoms with E-state index in [1.807, 2.05) is 6.92 Å². The normalized spacial score (nSPS) is 18.4. The number of rotatable bonds is 5. The summed E-state index contributed by atoms with van der Waals surface area (Å²) < 4.78 is 5.60. The van der Waals surface area contributed by atoms with E-state index in [1.165, 1.54) is 12.8 Å². The van der Waals surface area contributed by atoms with E-state index in [9.17, 15) is 4.79 Å². The molecule has 1 fully saturated rings. The van der Waals surface area contributed by atoms with Crippen molar-refractivity contribution in [3.8, 4) is 0 Å². The Balaban J connectivity index is 1.91. The van der Waals surface area contributed by atoms with Crippen LogP contribution in [0.3, 0.4) is 0 Å². The van der Waals surface area contributed by atoms with Crippen LogP contribution < -0.4 is 0 Å². The van der Waals surface area contributed by atoms with Gasteiger partial charge < -0.3 is 9.52 Å². The quantitative estimate of drug-likeness (QED) is 0.852. The molecule has 0 aromatic carbocycles. The van der Waals surface area contributed by atoms with E-state index in [0.717, 1.165) is 18.7 Å². The Kier molecular flexibility index (Phi) is 3.76. The van der Waals surface area contributed by atoms with Gasteiger partial charge >= 0.3 is 5.97 Å². The van der Waals surface area contributed by atoms with Crippen LogP contribution >= 0.6 is 0 Å². The molecule has 0 aliphatic heterocycles. The summed E-state index contributed by atoms with van der Waals surface area (Å²) >= 11 is 0. The molecule has 94 valence electrons. The number of hydrogen-bond acceptors (Lipinski definition) is 4. The zero-order valence-electron chi connectivity index (χ0n) is 10.1. The Hall–Kier alpha value is -1.39. The molecule has 0 spiro atoms. The minimum atomic E-state index is -0.784. The molecule has 0 radical (unpaired) electrons. The highest BCUT2D eigenvalue weighted by atomic mass is 16.4. The van der Waals surface area contributed by atoms with Gasteiger partial charge in [-0.25, -0.2) is 0 Å². The van der Waals surface area contributed by atoms with Gasteiger partial charge in [-0.3, -0.25) is 4.79 Å². The van der Waals surface area contributed by atoms with Gasteiger partial charge in [-0.2, -0.15) is 0 Å². The fraction of sp³-hybridized carbons (Fsp3) is 0.750. The molecule has 1 N–H and O–H groups in total. The highest BCUT2D eigenvalue weighted by molar-refractivity contribution is 5.66. The lowest BCUT2D eigenvalue weighted by Crippen LogP contribution is -2.07.